The van der Waals surface area contributed by atoms with Gasteiger partial charge in [-0.25, -0.2) is 13.4 Å². The summed E-state index contributed by atoms with van der Waals surface area (Å²) in [5.41, 5.74) is 0.700. The number of thiazole rings is 1. The zero-order chi connectivity index (χ0) is 16.9. The molecular formula is C14H15N3O5S2. The summed E-state index contributed by atoms with van der Waals surface area (Å²) in [7, 11) is -3.40. The lowest BCUT2D eigenvalue weighted by Gasteiger charge is -2.20. The summed E-state index contributed by atoms with van der Waals surface area (Å²) < 4.78 is 36.3. The highest BCUT2D eigenvalue weighted by molar-refractivity contribution is 7.88. The molecule has 0 unspecified atom stereocenters. The van der Waals surface area contributed by atoms with Crippen LogP contribution in [0.3, 0.4) is 0 Å². The molecule has 1 saturated heterocycles. The van der Waals surface area contributed by atoms with Crippen LogP contribution in [0.4, 0.5) is 5.13 Å². The van der Waals surface area contributed by atoms with Crippen molar-refractivity contribution in [3.8, 4) is 11.5 Å². The van der Waals surface area contributed by atoms with Crippen LogP contribution in [0, 0.1) is 0 Å². The number of hydrogen-bond acceptors (Lipinski definition) is 7. The Morgan fingerprint density at radius 1 is 1.38 bits per heavy atom. The number of benzene rings is 1. The second-order valence-corrected chi connectivity index (χ2v) is 8.68. The summed E-state index contributed by atoms with van der Waals surface area (Å²) in [6.07, 6.45) is 2.31. The SMILES string of the molecule is CS(=O)(=O)N1CCC[C@H]1C(=O)Nc1nc2cc3c(cc2s1)OCO3. The number of nitrogens with zero attached hydrogens (tertiary/aromatic N) is 2. The Hall–Kier alpha value is -1.91. The summed E-state index contributed by atoms with van der Waals surface area (Å²) in [6, 6.07) is 2.91. The van der Waals surface area contributed by atoms with E-state index in [1.807, 2.05) is 6.07 Å². The summed E-state index contributed by atoms with van der Waals surface area (Å²) in [5.74, 6) is 0.935. The molecule has 0 radical (unpaired) electrons. The van der Waals surface area contributed by atoms with E-state index in [1.165, 1.54) is 15.6 Å². The van der Waals surface area contributed by atoms with Gasteiger partial charge >= 0.3 is 0 Å². The number of aromatic nitrogens is 1. The van der Waals surface area contributed by atoms with E-state index < -0.39 is 16.1 Å². The number of amides is 1. The molecule has 1 fully saturated rings. The fourth-order valence-corrected chi connectivity index (χ4v) is 4.96. The Morgan fingerprint density at radius 2 is 2.12 bits per heavy atom. The molecule has 24 heavy (non-hydrogen) atoms. The topological polar surface area (TPSA) is 97.8 Å². The molecule has 8 nitrogen and oxygen atoms in total. The van der Waals surface area contributed by atoms with Gasteiger partial charge in [-0.2, -0.15) is 4.31 Å². The number of nitrogens with one attached hydrogen (secondary N) is 1. The van der Waals surface area contributed by atoms with Crippen molar-refractivity contribution in [3.05, 3.63) is 12.1 Å². The molecule has 128 valence electrons. The number of ether oxygens (including phenoxy) is 2. The van der Waals surface area contributed by atoms with Crippen LogP contribution in [-0.4, -0.2) is 49.2 Å². The van der Waals surface area contributed by atoms with Crippen LogP contribution in [-0.2, 0) is 14.8 Å². The lowest BCUT2D eigenvalue weighted by atomic mass is 10.2. The molecule has 4 rings (SSSR count). The predicted octanol–water partition coefficient (Wildman–Crippen LogP) is 1.39. The summed E-state index contributed by atoms with van der Waals surface area (Å²) in [6.45, 7) is 0.567. The van der Waals surface area contributed by atoms with Gasteiger partial charge < -0.3 is 14.8 Å². The minimum atomic E-state index is -3.40. The third-order valence-electron chi connectivity index (χ3n) is 4.05. The third-order valence-corrected chi connectivity index (χ3v) is 6.27. The molecular weight excluding hydrogens is 354 g/mol. The van der Waals surface area contributed by atoms with Gasteiger partial charge in [-0.05, 0) is 12.8 Å². The zero-order valence-electron chi connectivity index (χ0n) is 12.8. The van der Waals surface area contributed by atoms with E-state index >= 15 is 0 Å². The van der Waals surface area contributed by atoms with Crippen LogP contribution >= 0.6 is 11.3 Å². The first-order valence-corrected chi connectivity index (χ1v) is 10.1. The van der Waals surface area contributed by atoms with E-state index in [9.17, 15) is 13.2 Å². The molecule has 2 aromatic rings. The van der Waals surface area contributed by atoms with Gasteiger partial charge in [0.1, 0.15) is 6.04 Å². The van der Waals surface area contributed by atoms with Gasteiger partial charge in [0.2, 0.25) is 22.7 Å². The molecule has 2 aliphatic rings. The molecule has 1 atom stereocenters. The minimum Gasteiger partial charge on any atom is -0.454 e. The number of hydrogen-bond donors (Lipinski definition) is 1. The van der Waals surface area contributed by atoms with Crippen LogP contribution in [0.25, 0.3) is 10.2 Å². The maximum atomic E-state index is 12.4. The van der Waals surface area contributed by atoms with Gasteiger partial charge in [-0.3, -0.25) is 4.79 Å². The van der Waals surface area contributed by atoms with E-state index in [0.717, 1.165) is 11.0 Å². The maximum absolute atomic E-state index is 12.4. The highest BCUT2D eigenvalue weighted by Crippen LogP contribution is 2.39. The Labute approximate surface area is 142 Å². The predicted molar refractivity (Wildman–Crippen MR) is 88.9 cm³/mol. The molecule has 10 heteroatoms. The van der Waals surface area contributed by atoms with Crippen molar-refractivity contribution in [1.29, 1.82) is 0 Å². The van der Waals surface area contributed by atoms with Gasteiger partial charge in [-0.1, -0.05) is 11.3 Å². The molecule has 1 aromatic carbocycles. The summed E-state index contributed by atoms with van der Waals surface area (Å²) >= 11 is 1.31. The van der Waals surface area contributed by atoms with Crippen LogP contribution in [0.1, 0.15) is 12.8 Å². The van der Waals surface area contributed by atoms with E-state index in [4.69, 9.17) is 9.47 Å². The van der Waals surface area contributed by atoms with Gasteiger partial charge in [-0.15, -0.1) is 0 Å². The minimum absolute atomic E-state index is 0.194. The summed E-state index contributed by atoms with van der Waals surface area (Å²) in [4.78, 5) is 16.8. The highest BCUT2D eigenvalue weighted by atomic mass is 32.2. The van der Waals surface area contributed by atoms with Crippen molar-refractivity contribution in [3.63, 3.8) is 0 Å². The fraction of sp³-hybridized carbons (Fsp3) is 0.429. The van der Waals surface area contributed by atoms with Gasteiger partial charge in [0.05, 0.1) is 16.5 Å². The number of carbonyl (C=O) groups is 1. The second-order valence-electron chi connectivity index (χ2n) is 5.71. The van der Waals surface area contributed by atoms with Crippen molar-refractivity contribution >= 4 is 42.6 Å². The average Bonchev–Trinajstić information content (AvgIpc) is 3.21. The molecule has 0 spiro atoms. The van der Waals surface area contributed by atoms with Crippen LogP contribution in [0.15, 0.2) is 12.1 Å². The Bertz CT molecular complexity index is 883. The normalized spacial score (nSPS) is 20.6. The first-order chi connectivity index (χ1) is 11.4. The highest BCUT2D eigenvalue weighted by Gasteiger charge is 2.36. The number of anilines is 1. The Kier molecular flexibility index (Phi) is 3.62. The van der Waals surface area contributed by atoms with E-state index in [-0.39, 0.29) is 12.7 Å². The monoisotopic (exact) mass is 369 g/mol. The van der Waals surface area contributed by atoms with Crippen molar-refractivity contribution in [2.45, 2.75) is 18.9 Å². The fourth-order valence-electron chi connectivity index (χ4n) is 2.96. The molecule has 3 heterocycles. The Morgan fingerprint density at radius 3 is 2.88 bits per heavy atom. The first-order valence-electron chi connectivity index (χ1n) is 7.40. The molecule has 0 saturated carbocycles. The number of fused-ring (bicyclic) bond motifs is 2. The molecule has 2 aliphatic heterocycles. The van der Waals surface area contributed by atoms with E-state index in [0.29, 0.717) is 41.5 Å². The molecule has 1 N–H and O–H groups in total. The standard InChI is InChI=1S/C14H15N3O5S2/c1-24(19,20)17-4-2-3-9(17)13(18)16-14-15-8-5-10-11(22-7-21-10)6-12(8)23-14/h5-6,9H,2-4,7H2,1H3,(H,15,16,18)/t9-/m0/s1. The van der Waals surface area contributed by atoms with Crippen LogP contribution in [0.5, 0.6) is 11.5 Å². The maximum Gasteiger partial charge on any atom is 0.244 e. The number of carbonyl (C=O) groups excluding carboxylic acids is 1. The Balaban J connectivity index is 1.57. The van der Waals surface area contributed by atoms with Gasteiger partial charge in [0, 0.05) is 18.7 Å². The smallest absolute Gasteiger partial charge is 0.244 e. The molecule has 1 amide bonds. The van der Waals surface area contributed by atoms with E-state index in [1.54, 1.807) is 6.07 Å². The summed E-state index contributed by atoms with van der Waals surface area (Å²) in [5, 5.41) is 3.16. The average molecular weight is 369 g/mol. The molecule has 0 aliphatic carbocycles. The van der Waals surface area contributed by atoms with Crippen molar-refractivity contribution in [2.24, 2.45) is 0 Å². The van der Waals surface area contributed by atoms with Gasteiger partial charge in [0.25, 0.3) is 0 Å². The molecule has 0 bridgehead atoms. The van der Waals surface area contributed by atoms with Crippen LogP contribution < -0.4 is 14.8 Å². The first kappa shape index (κ1) is 15.6. The van der Waals surface area contributed by atoms with Crippen molar-refractivity contribution in [2.75, 3.05) is 24.9 Å². The number of rotatable bonds is 3. The van der Waals surface area contributed by atoms with Gasteiger partial charge in [0.15, 0.2) is 16.6 Å². The van der Waals surface area contributed by atoms with Crippen molar-refractivity contribution < 1.29 is 22.7 Å². The number of sulfonamides is 1. The lowest BCUT2D eigenvalue weighted by molar-refractivity contribution is -0.119. The van der Waals surface area contributed by atoms with E-state index in [2.05, 4.69) is 10.3 Å². The van der Waals surface area contributed by atoms with Crippen molar-refractivity contribution in [1.82, 2.24) is 9.29 Å². The second kappa shape index (κ2) is 5.57. The third kappa shape index (κ3) is 2.70. The quantitative estimate of drug-likeness (QED) is 0.878. The molecule has 1 aromatic heterocycles. The lowest BCUT2D eigenvalue weighted by Crippen LogP contribution is -2.42. The van der Waals surface area contributed by atoms with Crippen LogP contribution in [0.2, 0.25) is 0 Å². The largest absolute Gasteiger partial charge is 0.454 e. The zero-order valence-corrected chi connectivity index (χ0v) is 14.4.